The monoisotopic (exact) mass is 258 g/mol. The third-order valence-corrected chi connectivity index (χ3v) is 3.14. The highest BCUT2D eigenvalue weighted by Gasteiger charge is 2.04. The maximum absolute atomic E-state index is 11.8. The van der Waals surface area contributed by atoms with Crippen LogP contribution in [0.15, 0.2) is 39.9 Å². The molecule has 2 rings (SSSR count). The summed E-state index contributed by atoms with van der Waals surface area (Å²) in [7, 11) is 0. The Morgan fingerprint density at radius 3 is 2.42 bits per heavy atom. The van der Waals surface area contributed by atoms with Gasteiger partial charge < -0.3 is 0 Å². The highest BCUT2D eigenvalue weighted by atomic mass is 16.2. The van der Waals surface area contributed by atoms with Crippen LogP contribution in [0.3, 0.4) is 0 Å². The van der Waals surface area contributed by atoms with Gasteiger partial charge in [-0.1, -0.05) is 25.5 Å². The van der Waals surface area contributed by atoms with E-state index in [2.05, 4.69) is 11.9 Å². The number of hydrogen-bond acceptors (Lipinski definition) is 2. The van der Waals surface area contributed by atoms with Gasteiger partial charge in [0.1, 0.15) is 0 Å². The third-order valence-electron chi connectivity index (χ3n) is 3.14. The molecule has 4 nitrogen and oxygen atoms in total. The van der Waals surface area contributed by atoms with E-state index in [0.29, 0.717) is 5.69 Å². The number of aryl methyl sites for hydroxylation is 2. The van der Waals surface area contributed by atoms with E-state index in [1.54, 1.807) is 6.92 Å². The maximum Gasteiger partial charge on any atom is 0.333 e. The SMILES string of the molecule is CCCCc1ccc(-n2c(C)cc(=O)[nH]c2=O)cc1. The van der Waals surface area contributed by atoms with Crippen molar-refractivity contribution in [3.05, 3.63) is 62.4 Å². The smallest absolute Gasteiger partial charge is 0.274 e. The molecule has 19 heavy (non-hydrogen) atoms. The van der Waals surface area contributed by atoms with E-state index in [1.165, 1.54) is 22.6 Å². The lowest BCUT2D eigenvalue weighted by Crippen LogP contribution is -2.29. The van der Waals surface area contributed by atoms with Crippen LogP contribution in [0, 0.1) is 6.92 Å². The summed E-state index contributed by atoms with van der Waals surface area (Å²) in [5.74, 6) is 0. The fourth-order valence-electron chi connectivity index (χ4n) is 2.13. The second kappa shape index (κ2) is 5.69. The summed E-state index contributed by atoms with van der Waals surface area (Å²) < 4.78 is 1.50. The Morgan fingerprint density at radius 2 is 1.84 bits per heavy atom. The molecule has 2 aromatic rings. The first-order valence-electron chi connectivity index (χ1n) is 6.54. The highest BCUT2D eigenvalue weighted by Crippen LogP contribution is 2.11. The largest absolute Gasteiger partial charge is 0.333 e. The molecule has 0 fully saturated rings. The number of hydrogen-bond donors (Lipinski definition) is 1. The molecule has 1 aromatic heterocycles. The van der Waals surface area contributed by atoms with Crippen molar-refractivity contribution >= 4 is 0 Å². The van der Waals surface area contributed by atoms with Crippen molar-refractivity contribution in [2.24, 2.45) is 0 Å². The highest BCUT2D eigenvalue weighted by molar-refractivity contribution is 5.36. The number of nitrogens with zero attached hydrogens (tertiary/aromatic N) is 1. The molecule has 0 atom stereocenters. The number of rotatable bonds is 4. The van der Waals surface area contributed by atoms with Crippen LogP contribution in [0.2, 0.25) is 0 Å². The molecule has 0 unspecified atom stereocenters. The van der Waals surface area contributed by atoms with E-state index in [0.717, 1.165) is 18.5 Å². The molecule has 1 N–H and O–H groups in total. The zero-order valence-electron chi connectivity index (χ0n) is 11.3. The molecule has 0 spiro atoms. The summed E-state index contributed by atoms with van der Waals surface area (Å²) in [4.78, 5) is 25.3. The molecule has 0 radical (unpaired) electrons. The predicted octanol–water partition coefficient (Wildman–Crippen LogP) is 2.18. The van der Waals surface area contributed by atoms with Crippen LogP contribution >= 0.6 is 0 Å². The number of H-pyrrole nitrogens is 1. The van der Waals surface area contributed by atoms with Crippen molar-refractivity contribution in [2.75, 3.05) is 0 Å². The van der Waals surface area contributed by atoms with Gasteiger partial charge in [0.2, 0.25) is 0 Å². The van der Waals surface area contributed by atoms with Crippen molar-refractivity contribution in [1.29, 1.82) is 0 Å². The molecular weight excluding hydrogens is 240 g/mol. The predicted molar refractivity (Wildman–Crippen MR) is 76.0 cm³/mol. The lowest BCUT2D eigenvalue weighted by Gasteiger charge is -2.09. The fourth-order valence-corrected chi connectivity index (χ4v) is 2.13. The van der Waals surface area contributed by atoms with Crippen LogP contribution in [0.4, 0.5) is 0 Å². The number of aromatic nitrogens is 2. The van der Waals surface area contributed by atoms with Gasteiger partial charge in [-0.25, -0.2) is 4.79 Å². The average Bonchev–Trinajstić information content (AvgIpc) is 2.36. The minimum Gasteiger partial charge on any atom is -0.274 e. The molecular formula is C15H18N2O2. The molecule has 0 aliphatic heterocycles. The minimum absolute atomic E-state index is 0.363. The van der Waals surface area contributed by atoms with E-state index >= 15 is 0 Å². The van der Waals surface area contributed by atoms with Gasteiger partial charge in [-0.05, 0) is 37.5 Å². The van der Waals surface area contributed by atoms with Crippen LogP contribution in [0.5, 0.6) is 0 Å². The quantitative estimate of drug-likeness (QED) is 0.913. The van der Waals surface area contributed by atoms with Crippen LogP contribution in [0.25, 0.3) is 5.69 Å². The van der Waals surface area contributed by atoms with Gasteiger partial charge in [0, 0.05) is 11.8 Å². The van der Waals surface area contributed by atoms with E-state index in [9.17, 15) is 9.59 Å². The van der Waals surface area contributed by atoms with Gasteiger partial charge in [-0.3, -0.25) is 14.3 Å². The Labute approximate surface area is 111 Å². The van der Waals surface area contributed by atoms with Crippen molar-refractivity contribution in [3.8, 4) is 5.69 Å². The summed E-state index contributed by atoms with van der Waals surface area (Å²) >= 11 is 0. The zero-order chi connectivity index (χ0) is 13.8. The van der Waals surface area contributed by atoms with Gasteiger partial charge in [0.15, 0.2) is 0 Å². The van der Waals surface area contributed by atoms with Crippen molar-refractivity contribution < 1.29 is 0 Å². The van der Waals surface area contributed by atoms with Crippen molar-refractivity contribution in [1.82, 2.24) is 9.55 Å². The summed E-state index contributed by atoms with van der Waals surface area (Å²) in [6, 6.07) is 9.31. The summed E-state index contributed by atoms with van der Waals surface area (Å²) in [6.45, 7) is 3.92. The molecule has 0 amide bonds. The number of benzene rings is 1. The number of nitrogens with one attached hydrogen (secondary N) is 1. The lowest BCUT2D eigenvalue weighted by molar-refractivity contribution is 0.793. The normalized spacial score (nSPS) is 10.6. The minimum atomic E-state index is -0.397. The van der Waals surface area contributed by atoms with Gasteiger partial charge in [0.25, 0.3) is 5.56 Å². The van der Waals surface area contributed by atoms with E-state index in [4.69, 9.17) is 0 Å². The summed E-state index contributed by atoms with van der Waals surface area (Å²) in [5, 5.41) is 0. The molecule has 100 valence electrons. The Kier molecular flexibility index (Phi) is 4.00. The van der Waals surface area contributed by atoms with E-state index in [1.807, 2.05) is 24.3 Å². The van der Waals surface area contributed by atoms with Gasteiger partial charge in [-0.2, -0.15) is 0 Å². The maximum atomic E-state index is 11.8. The van der Waals surface area contributed by atoms with Gasteiger partial charge >= 0.3 is 5.69 Å². The Balaban J connectivity index is 2.38. The first kappa shape index (κ1) is 13.3. The van der Waals surface area contributed by atoms with E-state index in [-0.39, 0.29) is 5.56 Å². The third kappa shape index (κ3) is 3.02. The number of aromatic amines is 1. The second-order valence-corrected chi connectivity index (χ2v) is 4.69. The fraction of sp³-hybridized carbons (Fsp3) is 0.333. The molecule has 0 saturated heterocycles. The van der Waals surface area contributed by atoms with Gasteiger partial charge in [-0.15, -0.1) is 0 Å². The molecule has 0 aliphatic rings. The van der Waals surface area contributed by atoms with Crippen LogP contribution in [0.1, 0.15) is 31.0 Å². The van der Waals surface area contributed by atoms with Crippen molar-refractivity contribution in [2.45, 2.75) is 33.1 Å². The molecule has 1 aromatic carbocycles. The number of unbranched alkanes of at least 4 members (excludes halogenated alkanes) is 1. The lowest BCUT2D eigenvalue weighted by atomic mass is 10.1. The Morgan fingerprint density at radius 1 is 1.16 bits per heavy atom. The molecule has 0 aliphatic carbocycles. The van der Waals surface area contributed by atoms with E-state index < -0.39 is 5.69 Å². The van der Waals surface area contributed by atoms with Crippen LogP contribution in [-0.4, -0.2) is 9.55 Å². The molecule has 0 bridgehead atoms. The molecule has 4 heteroatoms. The summed E-state index contributed by atoms with van der Waals surface area (Å²) in [5.41, 5.74) is 1.92. The topological polar surface area (TPSA) is 54.9 Å². The summed E-state index contributed by atoms with van der Waals surface area (Å²) in [6.07, 6.45) is 3.38. The average molecular weight is 258 g/mol. The Bertz CT molecular complexity index is 666. The van der Waals surface area contributed by atoms with Crippen LogP contribution in [-0.2, 0) is 6.42 Å². The first-order chi connectivity index (χ1) is 9.11. The van der Waals surface area contributed by atoms with Crippen molar-refractivity contribution in [3.63, 3.8) is 0 Å². The second-order valence-electron chi connectivity index (χ2n) is 4.69. The first-order valence-corrected chi connectivity index (χ1v) is 6.54. The van der Waals surface area contributed by atoms with Gasteiger partial charge in [0.05, 0.1) is 5.69 Å². The molecule has 1 heterocycles. The zero-order valence-corrected chi connectivity index (χ0v) is 11.3. The standard InChI is InChI=1S/C15H18N2O2/c1-3-4-5-12-6-8-13(9-7-12)17-11(2)10-14(18)16-15(17)19/h6-10H,3-5H2,1-2H3,(H,16,18,19). The Hall–Kier alpha value is -2.10. The van der Waals surface area contributed by atoms with Crippen LogP contribution < -0.4 is 11.2 Å². The molecule has 0 saturated carbocycles.